The Labute approximate surface area is 101 Å². The van der Waals surface area contributed by atoms with E-state index in [4.69, 9.17) is 9.47 Å². The van der Waals surface area contributed by atoms with Gasteiger partial charge in [-0.1, -0.05) is 33.6 Å². The van der Waals surface area contributed by atoms with Gasteiger partial charge in [0.1, 0.15) is 0 Å². The Balaban J connectivity index is 2.64. The van der Waals surface area contributed by atoms with Gasteiger partial charge in [-0.2, -0.15) is 0 Å². The number of ether oxygens (including phenoxy) is 2. The molecule has 1 fully saturated rings. The number of hydrogen-bond acceptors (Lipinski definition) is 2. The third-order valence-corrected chi connectivity index (χ3v) is 3.51. The Morgan fingerprint density at radius 1 is 1.19 bits per heavy atom. The maximum Gasteiger partial charge on any atom is 0.171 e. The molecule has 0 spiro atoms. The molecule has 2 nitrogen and oxygen atoms in total. The van der Waals surface area contributed by atoms with E-state index >= 15 is 0 Å². The Hall–Kier alpha value is -0.0800. The van der Waals surface area contributed by atoms with Crippen molar-refractivity contribution in [2.75, 3.05) is 6.61 Å². The third kappa shape index (κ3) is 3.46. The first-order valence-electron chi connectivity index (χ1n) is 6.76. The van der Waals surface area contributed by atoms with Crippen molar-refractivity contribution >= 4 is 0 Å². The van der Waals surface area contributed by atoms with Crippen LogP contribution in [0.1, 0.15) is 66.7 Å². The van der Waals surface area contributed by atoms with Gasteiger partial charge in [0.2, 0.25) is 0 Å². The molecule has 0 aliphatic carbocycles. The van der Waals surface area contributed by atoms with Gasteiger partial charge in [-0.25, -0.2) is 0 Å². The number of hydrogen-bond donors (Lipinski definition) is 0. The van der Waals surface area contributed by atoms with Crippen molar-refractivity contribution in [2.45, 2.75) is 78.1 Å². The van der Waals surface area contributed by atoms with Gasteiger partial charge in [-0.3, -0.25) is 0 Å². The average molecular weight is 228 g/mol. The molecule has 1 rings (SSSR count). The first kappa shape index (κ1) is 14.0. The quantitative estimate of drug-likeness (QED) is 0.659. The summed E-state index contributed by atoms with van der Waals surface area (Å²) in [6.07, 6.45) is 5.74. The summed E-state index contributed by atoms with van der Waals surface area (Å²) in [5.41, 5.74) is -0.0330. The van der Waals surface area contributed by atoms with Crippen LogP contribution in [0, 0.1) is 5.92 Å². The topological polar surface area (TPSA) is 18.5 Å². The molecule has 96 valence electrons. The highest BCUT2D eigenvalue weighted by Crippen LogP contribution is 2.39. The van der Waals surface area contributed by atoms with Crippen molar-refractivity contribution in [1.82, 2.24) is 0 Å². The molecular formula is C14H28O2. The fraction of sp³-hybridized carbons (Fsp3) is 1.00. The van der Waals surface area contributed by atoms with E-state index in [-0.39, 0.29) is 11.4 Å². The smallest absolute Gasteiger partial charge is 0.171 e. The molecule has 0 aromatic heterocycles. The highest BCUT2D eigenvalue weighted by atomic mass is 16.7. The van der Waals surface area contributed by atoms with Crippen molar-refractivity contribution in [2.24, 2.45) is 5.92 Å². The molecule has 0 bridgehead atoms. The summed E-state index contributed by atoms with van der Waals surface area (Å²) in [7, 11) is 0. The van der Waals surface area contributed by atoms with Crippen LogP contribution in [0.2, 0.25) is 0 Å². The molecule has 0 amide bonds. The Kier molecular flexibility index (Phi) is 4.81. The van der Waals surface area contributed by atoms with Gasteiger partial charge in [-0.05, 0) is 26.7 Å². The molecule has 0 N–H and O–H groups in total. The predicted molar refractivity (Wildman–Crippen MR) is 67.4 cm³/mol. The minimum Gasteiger partial charge on any atom is -0.350 e. The van der Waals surface area contributed by atoms with E-state index in [2.05, 4.69) is 34.6 Å². The molecule has 0 aromatic carbocycles. The summed E-state index contributed by atoms with van der Waals surface area (Å²) in [6, 6.07) is 0. The van der Waals surface area contributed by atoms with E-state index in [0.29, 0.717) is 5.92 Å². The number of unbranched alkanes of at least 4 members (excludes halogenated alkanes) is 2. The maximum atomic E-state index is 6.25. The van der Waals surface area contributed by atoms with Crippen LogP contribution < -0.4 is 0 Å². The Morgan fingerprint density at radius 2 is 1.88 bits per heavy atom. The molecular weight excluding hydrogens is 200 g/mol. The fourth-order valence-corrected chi connectivity index (χ4v) is 2.34. The predicted octanol–water partition coefficient (Wildman–Crippen LogP) is 4.13. The summed E-state index contributed by atoms with van der Waals surface area (Å²) in [5, 5.41) is 0. The van der Waals surface area contributed by atoms with Crippen molar-refractivity contribution in [3.05, 3.63) is 0 Å². The zero-order valence-corrected chi connectivity index (χ0v) is 11.6. The second kappa shape index (κ2) is 5.50. The minimum absolute atomic E-state index is 0.0330. The van der Waals surface area contributed by atoms with Gasteiger partial charge in [0, 0.05) is 12.3 Å². The van der Waals surface area contributed by atoms with Gasteiger partial charge in [0.05, 0.1) is 12.2 Å². The molecule has 0 saturated carbocycles. The Morgan fingerprint density at radius 3 is 2.38 bits per heavy atom. The first-order chi connectivity index (χ1) is 7.42. The van der Waals surface area contributed by atoms with Gasteiger partial charge < -0.3 is 9.47 Å². The second-order valence-corrected chi connectivity index (χ2v) is 5.88. The molecule has 1 saturated heterocycles. The van der Waals surface area contributed by atoms with Crippen molar-refractivity contribution in [1.29, 1.82) is 0 Å². The Bertz CT molecular complexity index is 211. The van der Waals surface area contributed by atoms with E-state index in [1.807, 2.05) is 0 Å². The molecule has 1 atom stereocenters. The van der Waals surface area contributed by atoms with Crippen LogP contribution in [0.15, 0.2) is 0 Å². The van der Waals surface area contributed by atoms with E-state index in [9.17, 15) is 0 Å². The van der Waals surface area contributed by atoms with Crippen LogP contribution in [-0.2, 0) is 9.47 Å². The van der Waals surface area contributed by atoms with E-state index in [1.54, 1.807) is 0 Å². The van der Waals surface area contributed by atoms with Crippen LogP contribution in [0.4, 0.5) is 0 Å². The monoisotopic (exact) mass is 228 g/mol. The summed E-state index contributed by atoms with van der Waals surface area (Å²) in [4.78, 5) is 0. The first-order valence-corrected chi connectivity index (χ1v) is 6.76. The summed E-state index contributed by atoms with van der Waals surface area (Å²) in [6.45, 7) is 11.8. The van der Waals surface area contributed by atoms with Crippen LogP contribution in [0.3, 0.4) is 0 Å². The standard InChI is InChI=1S/C14H28O2/c1-6-7-8-9-14(12(2)3)15-11-10-13(4,5)16-14/h12H,6-11H2,1-5H3. The van der Waals surface area contributed by atoms with Gasteiger partial charge in [0.15, 0.2) is 5.79 Å². The van der Waals surface area contributed by atoms with Crippen molar-refractivity contribution in [3.8, 4) is 0 Å². The largest absolute Gasteiger partial charge is 0.350 e. The lowest BCUT2D eigenvalue weighted by Crippen LogP contribution is -2.52. The summed E-state index contributed by atoms with van der Waals surface area (Å²) >= 11 is 0. The average Bonchev–Trinajstić information content (AvgIpc) is 2.16. The molecule has 1 aliphatic heterocycles. The molecule has 2 heteroatoms. The minimum atomic E-state index is -0.336. The molecule has 1 aliphatic rings. The SMILES string of the molecule is CCCCCC1(C(C)C)OCCC(C)(C)O1. The normalized spacial score (nSPS) is 29.6. The van der Waals surface area contributed by atoms with Gasteiger partial charge in [-0.15, -0.1) is 0 Å². The highest BCUT2D eigenvalue weighted by Gasteiger charge is 2.43. The zero-order valence-electron chi connectivity index (χ0n) is 11.6. The summed E-state index contributed by atoms with van der Waals surface area (Å²) in [5.74, 6) is 0.0839. The van der Waals surface area contributed by atoms with Crippen LogP contribution in [0.5, 0.6) is 0 Å². The number of rotatable bonds is 5. The van der Waals surface area contributed by atoms with Crippen molar-refractivity contribution < 1.29 is 9.47 Å². The second-order valence-electron chi connectivity index (χ2n) is 5.88. The van der Waals surface area contributed by atoms with Crippen LogP contribution >= 0.6 is 0 Å². The lowest BCUT2D eigenvalue weighted by molar-refractivity contribution is -0.340. The molecule has 0 aromatic rings. The van der Waals surface area contributed by atoms with E-state index in [0.717, 1.165) is 19.4 Å². The zero-order chi connectivity index (χ0) is 12.2. The fourth-order valence-electron chi connectivity index (χ4n) is 2.34. The molecule has 0 radical (unpaired) electrons. The van der Waals surface area contributed by atoms with Gasteiger partial charge in [0.25, 0.3) is 0 Å². The van der Waals surface area contributed by atoms with E-state index in [1.165, 1.54) is 19.3 Å². The van der Waals surface area contributed by atoms with Crippen LogP contribution in [0.25, 0.3) is 0 Å². The highest BCUT2D eigenvalue weighted by molar-refractivity contribution is 4.84. The van der Waals surface area contributed by atoms with E-state index < -0.39 is 0 Å². The maximum absolute atomic E-state index is 6.25. The lowest BCUT2D eigenvalue weighted by Gasteiger charge is -2.47. The van der Waals surface area contributed by atoms with Crippen LogP contribution in [-0.4, -0.2) is 18.0 Å². The van der Waals surface area contributed by atoms with Crippen molar-refractivity contribution in [3.63, 3.8) is 0 Å². The third-order valence-electron chi connectivity index (χ3n) is 3.51. The summed E-state index contributed by atoms with van der Waals surface area (Å²) < 4.78 is 12.2. The molecule has 1 unspecified atom stereocenters. The lowest BCUT2D eigenvalue weighted by atomic mass is 9.92. The van der Waals surface area contributed by atoms with Gasteiger partial charge >= 0.3 is 0 Å². The molecule has 16 heavy (non-hydrogen) atoms. The molecule has 1 heterocycles.